The van der Waals surface area contributed by atoms with Crippen LogP contribution in [-0.4, -0.2) is 44.6 Å². The molecule has 1 aliphatic heterocycles. The Balaban J connectivity index is 1.57. The molecule has 3 aliphatic rings. The number of hydrogen-bond donors (Lipinski definition) is 1. The molecule has 19 heavy (non-hydrogen) atoms. The maximum Gasteiger partial charge on any atom is 0.225 e. The number of rotatable bonds is 3. The molecule has 3 rings (SSSR count). The van der Waals surface area contributed by atoms with E-state index in [9.17, 15) is 13.2 Å². The summed E-state index contributed by atoms with van der Waals surface area (Å²) in [7, 11) is -3.18. The zero-order valence-electron chi connectivity index (χ0n) is 11.3. The summed E-state index contributed by atoms with van der Waals surface area (Å²) in [6.45, 7) is 1.32. The highest BCUT2D eigenvalue weighted by molar-refractivity contribution is 7.88. The van der Waals surface area contributed by atoms with Crippen molar-refractivity contribution < 1.29 is 13.2 Å². The molecular weight excluding hydrogens is 264 g/mol. The van der Waals surface area contributed by atoms with Crippen LogP contribution >= 0.6 is 0 Å². The van der Waals surface area contributed by atoms with Crippen molar-refractivity contribution in [2.45, 2.75) is 38.1 Å². The number of fused-ring (bicyclic) bond motifs is 1. The zero-order chi connectivity index (χ0) is 13.6. The van der Waals surface area contributed by atoms with Gasteiger partial charge in [0.25, 0.3) is 0 Å². The first kappa shape index (κ1) is 13.4. The van der Waals surface area contributed by atoms with E-state index in [-0.39, 0.29) is 17.9 Å². The van der Waals surface area contributed by atoms with Crippen molar-refractivity contribution in [2.75, 3.05) is 19.3 Å². The van der Waals surface area contributed by atoms with Gasteiger partial charge in [-0.25, -0.2) is 13.1 Å². The average molecular weight is 286 g/mol. The summed E-state index contributed by atoms with van der Waals surface area (Å²) < 4.78 is 25.2. The fraction of sp³-hybridized carbons (Fsp3) is 0.923. The van der Waals surface area contributed by atoms with Crippen molar-refractivity contribution in [3.8, 4) is 0 Å². The van der Waals surface area contributed by atoms with E-state index in [1.807, 2.05) is 4.90 Å². The lowest BCUT2D eigenvalue weighted by molar-refractivity contribution is -0.137. The van der Waals surface area contributed by atoms with Gasteiger partial charge in [-0.15, -0.1) is 0 Å². The number of nitrogens with one attached hydrogen (secondary N) is 1. The number of nitrogens with zero attached hydrogens (tertiary/aromatic N) is 1. The fourth-order valence-corrected chi connectivity index (χ4v) is 4.55. The summed E-state index contributed by atoms with van der Waals surface area (Å²) in [6, 6.07) is -0.108. The number of carbonyl (C=O) groups excluding carboxylic acids is 1. The standard InChI is InChI=1S/C13H22N2O3S/c1-19(17,18)14-12-3-2-4-15(8-12)13(16)11-6-9-5-10(9)7-11/h9-12,14H,2-8H2,1H3. The second kappa shape index (κ2) is 4.74. The maximum atomic E-state index is 12.4. The quantitative estimate of drug-likeness (QED) is 0.825. The predicted octanol–water partition coefficient (Wildman–Crippen LogP) is 0.573. The van der Waals surface area contributed by atoms with Crippen molar-refractivity contribution in [2.24, 2.45) is 17.8 Å². The molecule has 1 amide bonds. The van der Waals surface area contributed by atoms with E-state index in [4.69, 9.17) is 0 Å². The van der Waals surface area contributed by atoms with Crippen molar-refractivity contribution in [1.82, 2.24) is 9.62 Å². The van der Waals surface area contributed by atoms with Crippen LogP contribution in [0.25, 0.3) is 0 Å². The minimum atomic E-state index is -3.18. The first-order valence-corrected chi connectivity index (χ1v) is 9.07. The lowest BCUT2D eigenvalue weighted by Gasteiger charge is -2.34. The van der Waals surface area contributed by atoms with Gasteiger partial charge in [0.1, 0.15) is 0 Å². The predicted molar refractivity (Wildman–Crippen MR) is 71.9 cm³/mol. The van der Waals surface area contributed by atoms with Crippen molar-refractivity contribution in [3.63, 3.8) is 0 Å². The molecule has 2 aliphatic carbocycles. The molecule has 1 heterocycles. The molecule has 0 bridgehead atoms. The Labute approximate surface area is 114 Å². The highest BCUT2D eigenvalue weighted by Gasteiger charge is 2.49. The molecule has 2 saturated carbocycles. The van der Waals surface area contributed by atoms with Crippen LogP contribution in [0.2, 0.25) is 0 Å². The van der Waals surface area contributed by atoms with Gasteiger partial charge in [-0.1, -0.05) is 0 Å². The summed E-state index contributed by atoms with van der Waals surface area (Å²) >= 11 is 0. The Bertz CT molecular complexity index is 466. The summed E-state index contributed by atoms with van der Waals surface area (Å²) in [5.41, 5.74) is 0. The van der Waals surface area contributed by atoms with E-state index < -0.39 is 10.0 Å². The molecule has 0 radical (unpaired) electrons. The number of likely N-dealkylation sites (tertiary alicyclic amines) is 1. The Hall–Kier alpha value is -0.620. The topological polar surface area (TPSA) is 66.5 Å². The summed E-state index contributed by atoms with van der Waals surface area (Å²) in [4.78, 5) is 14.3. The van der Waals surface area contributed by atoms with E-state index in [0.717, 1.165) is 44.1 Å². The number of hydrogen-bond acceptors (Lipinski definition) is 3. The van der Waals surface area contributed by atoms with Gasteiger partial charge in [-0.05, 0) is 43.9 Å². The molecular formula is C13H22N2O3S. The molecule has 108 valence electrons. The van der Waals surface area contributed by atoms with E-state index in [1.54, 1.807) is 0 Å². The third-order valence-electron chi connectivity index (χ3n) is 4.71. The van der Waals surface area contributed by atoms with Crippen LogP contribution in [0.1, 0.15) is 32.1 Å². The normalized spacial score (nSPS) is 38.1. The van der Waals surface area contributed by atoms with Crippen LogP contribution in [0.4, 0.5) is 0 Å². The number of carbonyl (C=O) groups is 1. The van der Waals surface area contributed by atoms with E-state index in [0.29, 0.717) is 6.54 Å². The molecule has 0 spiro atoms. The van der Waals surface area contributed by atoms with Gasteiger partial charge in [-0.3, -0.25) is 4.79 Å². The van der Waals surface area contributed by atoms with Gasteiger partial charge in [0, 0.05) is 25.0 Å². The third-order valence-corrected chi connectivity index (χ3v) is 5.47. The molecule has 0 aromatic rings. The molecule has 3 unspecified atom stereocenters. The maximum absolute atomic E-state index is 12.4. The number of amides is 1. The molecule has 3 fully saturated rings. The van der Waals surface area contributed by atoms with Gasteiger partial charge < -0.3 is 4.90 Å². The summed E-state index contributed by atoms with van der Waals surface area (Å²) in [5.74, 6) is 2.08. The van der Waals surface area contributed by atoms with Crippen molar-refractivity contribution in [3.05, 3.63) is 0 Å². The Morgan fingerprint density at radius 3 is 2.53 bits per heavy atom. The molecule has 6 heteroatoms. The van der Waals surface area contributed by atoms with Crippen LogP contribution in [0.3, 0.4) is 0 Å². The van der Waals surface area contributed by atoms with Gasteiger partial charge in [0.05, 0.1) is 6.26 Å². The Morgan fingerprint density at radius 2 is 1.89 bits per heavy atom. The van der Waals surface area contributed by atoms with Gasteiger partial charge in [-0.2, -0.15) is 0 Å². The zero-order valence-corrected chi connectivity index (χ0v) is 12.2. The smallest absolute Gasteiger partial charge is 0.225 e. The highest BCUT2D eigenvalue weighted by atomic mass is 32.2. The molecule has 0 aromatic heterocycles. The molecule has 5 nitrogen and oxygen atoms in total. The number of sulfonamides is 1. The van der Waals surface area contributed by atoms with Crippen LogP contribution in [-0.2, 0) is 14.8 Å². The molecule has 1 saturated heterocycles. The average Bonchev–Trinajstić information content (AvgIpc) is 2.93. The summed E-state index contributed by atoms with van der Waals surface area (Å²) in [5, 5.41) is 0. The minimum Gasteiger partial charge on any atom is -0.341 e. The van der Waals surface area contributed by atoms with Gasteiger partial charge in [0.2, 0.25) is 15.9 Å². The fourth-order valence-electron chi connectivity index (χ4n) is 3.75. The van der Waals surface area contributed by atoms with Crippen LogP contribution < -0.4 is 4.72 Å². The minimum absolute atomic E-state index is 0.108. The third kappa shape index (κ3) is 3.11. The number of piperidine rings is 1. The van der Waals surface area contributed by atoms with Crippen LogP contribution in [0.15, 0.2) is 0 Å². The molecule has 0 aromatic carbocycles. The van der Waals surface area contributed by atoms with Gasteiger partial charge in [0.15, 0.2) is 0 Å². The van der Waals surface area contributed by atoms with Crippen LogP contribution in [0, 0.1) is 17.8 Å². The molecule has 1 N–H and O–H groups in total. The second-order valence-electron chi connectivity index (χ2n) is 6.44. The van der Waals surface area contributed by atoms with E-state index >= 15 is 0 Å². The summed E-state index contributed by atoms with van der Waals surface area (Å²) in [6.07, 6.45) is 6.33. The van der Waals surface area contributed by atoms with Gasteiger partial charge >= 0.3 is 0 Å². The first-order chi connectivity index (χ1) is 8.92. The van der Waals surface area contributed by atoms with Crippen LogP contribution in [0.5, 0.6) is 0 Å². The Kier molecular flexibility index (Phi) is 3.33. The van der Waals surface area contributed by atoms with Crippen molar-refractivity contribution in [1.29, 1.82) is 0 Å². The highest BCUT2D eigenvalue weighted by Crippen LogP contribution is 2.54. The van der Waals surface area contributed by atoms with Crippen molar-refractivity contribution >= 4 is 15.9 Å². The van der Waals surface area contributed by atoms with E-state index in [1.165, 1.54) is 12.7 Å². The second-order valence-corrected chi connectivity index (χ2v) is 8.22. The largest absolute Gasteiger partial charge is 0.341 e. The lowest BCUT2D eigenvalue weighted by Crippen LogP contribution is -2.50. The molecule has 3 atom stereocenters. The van der Waals surface area contributed by atoms with E-state index in [2.05, 4.69) is 4.72 Å². The SMILES string of the molecule is CS(=O)(=O)NC1CCCN(C(=O)C2CC3CC3C2)C1. The monoisotopic (exact) mass is 286 g/mol. The first-order valence-electron chi connectivity index (χ1n) is 7.18. The lowest BCUT2D eigenvalue weighted by atomic mass is 9.99. The Morgan fingerprint density at radius 1 is 1.21 bits per heavy atom.